The number of hydrogen-bond acceptors (Lipinski definition) is 1. The minimum Gasteiger partial charge on any atom is -0.355 e. The molecule has 0 aromatic heterocycles. The molecule has 2 atom stereocenters. The summed E-state index contributed by atoms with van der Waals surface area (Å²) in [7, 11) is 0. The number of carbonyl (C=O) groups is 1. The Morgan fingerprint density at radius 2 is 1.87 bits per heavy atom. The number of rotatable bonds is 5. The molecule has 0 aliphatic heterocycles. The smallest absolute Gasteiger partial charge is 0.227 e. The van der Waals surface area contributed by atoms with Crippen LogP contribution in [0.1, 0.15) is 54.7 Å². The van der Waals surface area contributed by atoms with Crippen LogP contribution in [0, 0.1) is 0 Å². The number of benzene rings is 2. The Morgan fingerprint density at radius 1 is 1.13 bits per heavy atom. The highest BCUT2D eigenvalue weighted by Crippen LogP contribution is 2.31. The van der Waals surface area contributed by atoms with E-state index >= 15 is 0 Å². The first-order chi connectivity index (χ1) is 11.3. The van der Waals surface area contributed by atoms with Gasteiger partial charge in [0.25, 0.3) is 0 Å². The van der Waals surface area contributed by atoms with Crippen molar-refractivity contribution in [1.29, 1.82) is 0 Å². The lowest BCUT2D eigenvalue weighted by Gasteiger charge is -2.26. The highest BCUT2D eigenvalue weighted by molar-refractivity contribution is 5.83. The molecule has 0 saturated carbocycles. The van der Waals surface area contributed by atoms with Gasteiger partial charge in [0.05, 0.1) is 5.92 Å². The van der Waals surface area contributed by atoms with E-state index in [4.69, 9.17) is 0 Å². The highest BCUT2D eigenvalue weighted by Gasteiger charge is 2.23. The lowest BCUT2D eigenvalue weighted by atomic mass is 9.82. The third-order valence-electron chi connectivity index (χ3n) is 4.94. The third kappa shape index (κ3) is 3.64. The summed E-state index contributed by atoms with van der Waals surface area (Å²) in [6.07, 6.45) is 4.38. The first-order valence-electron chi connectivity index (χ1n) is 8.70. The fourth-order valence-electron chi connectivity index (χ4n) is 3.67. The molecule has 3 rings (SSSR count). The molecule has 0 fully saturated rings. The number of nitrogens with one attached hydrogen (secondary N) is 1. The van der Waals surface area contributed by atoms with Gasteiger partial charge in [0.2, 0.25) is 5.91 Å². The highest BCUT2D eigenvalue weighted by atomic mass is 16.1. The van der Waals surface area contributed by atoms with Crippen LogP contribution < -0.4 is 5.32 Å². The van der Waals surface area contributed by atoms with Crippen molar-refractivity contribution in [3.8, 4) is 0 Å². The minimum absolute atomic E-state index is 0.0463. The molecule has 0 radical (unpaired) electrons. The average Bonchev–Trinajstić information content (AvgIpc) is 2.61. The van der Waals surface area contributed by atoms with Crippen molar-refractivity contribution < 1.29 is 4.79 Å². The molecule has 0 saturated heterocycles. The molecule has 0 bridgehead atoms. The minimum atomic E-state index is -0.0463. The van der Waals surface area contributed by atoms with Gasteiger partial charge < -0.3 is 5.32 Å². The maximum atomic E-state index is 12.6. The van der Waals surface area contributed by atoms with E-state index in [9.17, 15) is 4.79 Å². The van der Waals surface area contributed by atoms with Crippen LogP contribution in [0.2, 0.25) is 0 Å². The fourth-order valence-corrected chi connectivity index (χ4v) is 3.67. The molecule has 1 aliphatic rings. The predicted molar refractivity (Wildman–Crippen MR) is 94.6 cm³/mol. The Bertz CT molecular complexity index is 650. The van der Waals surface area contributed by atoms with Gasteiger partial charge in [-0.15, -0.1) is 0 Å². The molecule has 0 heterocycles. The van der Waals surface area contributed by atoms with E-state index < -0.39 is 0 Å². The number of aryl methyl sites for hydroxylation is 1. The summed E-state index contributed by atoms with van der Waals surface area (Å²) in [5.41, 5.74) is 3.98. The summed E-state index contributed by atoms with van der Waals surface area (Å²) < 4.78 is 0. The lowest BCUT2D eigenvalue weighted by Crippen LogP contribution is -2.33. The van der Waals surface area contributed by atoms with E-state index in [2.05, 4.69) is 36.5 Å². The van der Waals surface area contributed by atoms with Crippen molar-refractivity contribution in [3.05, 3.63) is 71.3 Å². The van der Waals surface area contributed by atoms with Crippen LogP contribution in [0.4, 0.5) is 0 Å². The summed E-state index contributed by atoms with van der Waals surface area (Å²) in [5, 5.41) is 3.20. The van der Waals surface area contributed by atoms with Crippen LogP contribution in [-0.2, 0) is 11.2 Å². The van der Waals surface area contributed by atoms with Gasteiger partial charge in [0, 0.05) is 12.5 Å². The van der Waals surface area contributed by atoms with E-state index in [0.29, 0.717) is 5.92 Å². The first kappa shape index (κ1) is 15.8. The van der Waals surface area contributed by atoms with Crippen molar-refractivity contribution in [3.63, 3.8) is 0 Å². The molecule has 2 heteroatoms. The molecule has 0 spiro atoms. The van der Waals surface area contributed by atoms with Gasteiger partial charge in [0.1, 0.15) is 0 Å². The first-order valence-corrected chi connectivity index (χ1v) is 8.70. The summed E-state index contributed by atoms with van der Waals surface area (Å²) in [6.45, 7) is 2.83. The SMILES string of the molecule is CCC(C(=O)NCC1CCCc2ccccc21)c1ccccc1. The van der Waals surface area contributed by atoms with Gasteiger partial charge in [-0.1, -0.05) is 61.5 Å². The van der Waals surface area contributed by atoms with E-state index in [1.54, 1.807) is 0 Å². The van der Waals surface area contributed by atoms with Crippen LogP contribution in [0.25, 0.3) is 0 Å². The van der Waals surface area contributed by atoms with Gasteiger partial charge in [-0.3, -0.25) is 4.79 Å². The summed E-state index contributed by atoms with van der Waals surface area (Å²) in [5.74, 6) is 0.564. The van der Waals surface area contributed by atoms with Crippen LogP contribution in [-0.4, -0.2) is 12.5 Å². The molecule has 1 amide bonds. The molecule has 2 aromatic rings. The molecule has 1 N–H and O–H groups in total. The third-order valence-corrected chi connectivity index (χ3v) is 4.94. The van der Waals surface area contributed by atoms with Gasteiger partial charge >= 0.3 is 0 Å². The van der Waals surface area contributed by atoms with E-state index in [1.807, 2.05) is 30.3 Å². The Morgan fingerprint density at radius 3 is 2.65 bits per heavy atom. The second-order valence-electron chi connectivity index (χ2n) is 6.40. The van der Waals surface area contributed by atoms with Crippen molar-refractivity contribution in [2.45, 2.75) is 44.4 Å². The van der Waals surface area contributed by atoms with E-state index in [1.165, 1.54) is 30.4 Å². The zero-order valence-corrected chi connectivity index (χ0v) is 13.8. The second kappa shape index (κ2) is 7.45. The molecule has 23 heavy (non-hydrogen) atoms. The van der Waals surface area contributed by atoms with Crippen molar-refractivity contribution in [1.82, 2.24) is 5.32 Å². The van der Waals surface area contributed by atoms with Gasteiger partial charge in [0.15, 0.2) is 0 Å². The topological polar surface area (TPSA) is 29.1 Å². The normalized spacial score (nSPS) is 18.0. The van der Waals surface area contributed by atoms with Crippen molar-refractivity contribution >= 4 is 5.91 Å². The Balaban J connectivity index is 1.65. The quantitative estimate of drug-likeness (QED) is 0.870. The van der Waals surface area contributed by atoms with Crippen LogP contribution in [0.3, 0.4) is 0 Å². The molecular weight excluding hydrogens is 282 g/mol. The molecular formula is C21H25NO. The number of amides is 1. The van der Waals surface area contributed by atoms with Gasteiger partial charge in [-0.2, -0.15) is 0 Å². The van der Waals surface area contributed by atoms with E-state index in [-0.39, 0.29) is 11.8 Å². The van der Waals surface area contributed by atoms with Gasteiger partial charge in [-0.25, -0.2) is 0 Å². The standard InChI is InChI=1S/C21H25NO/c1-2-19(16-9-4-3-5-10-16)21(23)22-15-18-13-8-12-17-11-6-7-14-20(17)18/h3-7,9-11,14,18-19H,2,8,12-13,15H2,1H3,(H,22,23). The van der Waals surface area contributed by atoms with Crippen molar-refractivity contribution in [2.75, 3.05) is 6.54 Å². The second-order valence-corrected chi connectivity index (χ2v) is 6.40. The Hall–Kier alpha value is -2.09. The summed E-state index contributed by atoms with van der Waals surface area (Å²) in [4.78, 5) is 12.6. The summed E-state index contributed by atoms with van der Waals surface area (Å²) >= 11 is 0. The largest absolute Gasteiger partial charge is 0.355 e. The maximum Gasteiger partial charge on any atom is 0.227 e. The molecule has 2 aromatic carbocycles. The zero-order chi connectivity index (χ0) is 16.1. The number of carbonyl (C=O) groups excluding carboxylic acids is 1. The summed E-state index contributed by atoms with van der Waals surface area (Å²) in [6, 6.07) is 18.8. The maximum absolute atomic E-state index is 12.6. The van der Waals surface area contributed by atoms with Crippen LogP contribution >= 0.6 is 0 Å². The van der Waals surface area contributed by atoms with Gasteiger partial charge in [-0.05, 0) is 42.4 Å². The number of hydrogen-bond donors (Lipinski definition) is 1. The molecule has 1 aliphatic carbocycles. The lowest BCUT2D eigenvalue weighted by molar-refractivity contribution is -0.122. The number of fused-ring (bicyclic) bond motifs is 1. The Labute approximate surface area is 138 Å². The van der Waals surface area contributed by atoms with Crippen LogP contribution in [0.15, 0.2) is 54.6 Å². The van der Waals surface area contributed by atoms with E-state index in [0.717, 1.165) is 18.5 Å². The average molecular weight is 307 g/mol. The van der Waals surface area contributed by atoms with Crippen LogP contribution in [0.5, 0.6) is 0 Å². The molecule has 120 valence electrons. The monoisotopic (exact) mass is 307 g/mol. The Kier molecular flexibility index (Phi) is 5.12. The fraction of sp³-hybridized carbons (Fsp3) is 0.381. The predicted octanol–water partition coefficient (Wildman–Crippen LogP) is 4.42. The molecule has 2 nitrogen and oxygen atoms in total. The zero-order valence-electron chi connectivity index (χ0n) is 13.8. The molecule has 2 unspecified atom stereocenters. The van der Waals surface area contributed by atoms with Crippen molar-refractivity contribution in [2.24, 2.45) is 0 Å².